The number of furan rings is 1. The average Bonchev–Trinajstić information content (AvgIpc) is 2.77. The number of nitrogens with zero attached hydrogens (tertiary/aromatic N) is 2. The molecule has 2 aromatic rings. The molecule has 0 bridgehead atoms. The Kier molecular flexibility index (Phi) is 3.41. The Balaban J connectivity index is 1.90. The van der Waals surface area contributed by atoms with E-state index in [0.717, 1.165) is 13.1 Å². The highest BCUT2D eigenvalue weighted by molar-refractivity contribution is 7.15. The van der Waals surface area contributed by atoms with Gasteiger partial charge in [-0.3, -0.25) is 4.90 Å². The van der Waals surface area contributed by atoms with Crippen LogP contribution in [0.1, 0.15) is 10.4 Å². The largest absolute Gasteiger partial charge is 0.472 e. The minimum atomic E-state index is 0.599. The number of thiazole rings is 1. The Labute approximate surface area is 97.3 Å². The molecule has 5 heteroatoms. The molecule has 0 saturated carbocycles. The molecule has 0 saturated heterocycles. The topological polar surface area (TPSA) is 29.3 Å². The molecule has 0 amide bonds. The number of rotatable bonds is 4. The van der Waals surface area contributed by atoms with Gasteiger partial charge in [-0.15, -0.1) is 11.3 Å². The number of hydrogen-bond acceptors (Lipinski definition) is 4. The fraction of sp³-hybridized carbons (Fsp3) is 0.300. The lowest BCUT2D eigenvalue weighted by molar-refractivity contribution is 0.320. The zero-order valence-corrected chi connectivity index (χ0v) is 9.88. The van der Waals surface area contributed by atoms with Crippen LogP contribution in [0.5, 0.6) is 0 Å². The van der Waals surface area contributed by atoms with E-state index < -0.39 is 0 Å². The highest BCUT2D eigenvalue weighted by atomic mass is 35.5. The van der Waals surface area contributed by atoms with Gasteiger partial charge in [0.25, 0.3) is 0 Å². The van der Waals surface area contributed by atoms with Crippen LogP contribution in [-0.2, 0) is 13.1 Å². The van der Waals surface area contributed by atoms with Crippen molar-refractivity contribution in [2.75, 3.05) is 7.05 Å². The molecular weight excluding hydrogens is 232 g/mol. The summed E-state index contributed by atoms with van der Waals surface area (Å²) >= 11 is 7.28. The van der Waals surface area contributed by atoms with Crippen LogP contribution in [0.25, 0.3) is 0 Å². The molecule has 0 spiro atoms. The molecule has 0 radical (unpaired) electrons. The molecule has 0 atom stereocenters. The number of halogens is 1. The van der Waals surface area contributed by atoms with Gasteiger partial charge in [0.15, 0.2) is 4.47 Å². The summed E-state index contributed by atoms with van der Waals surface area (Å²) in [5.74, 6) is 0. The van der Waals surface area contributed by atoms with Gasteiger partial charge in [-0.1, -0.05) is 11.6 Å². The van der Waals surface area contributed by atoms with Crippen molar-refractivity contribution in [2.24, 2.45) is 0 Å². The first kappa shape index (κ1) is 10.7. The van der Waals surface area contributed by atoms with Crippen LogP contribution in [0.15, 0.2) is 29.2 Å². The second-order valence-electron chi connectivity index (χ2n) is 3.38. The first-order valence-electron chi connectivity index (χ1n) is 4.54. The lowest BCUT2D eigenvalue weighted by atomic mass is 10.3. The maximum Gasteiger partial charge on any atom is 0.183 e. The lowest BCUT2D eigenvalue weighted by Crippen LogP contribution is -2.15. The molecule has 0 aliphatic heterocycles. The molecule has 2 rings (SSSR count). The van der Waals surface area contributed by atoms with E-state index in [-0.39, 0.29) is 0 Å². The van der Waals surface area contributed by atoms with Gasteiger partial charge in [-0.2, -0.15) is 0 Å². The smallest absolute Gasteiger partial charge is 0.183 e. The predicted octanol–water partition coefficient (Wildman–Crippen LogP) is 3.02. The molecular formula is C10H11ClN2OS. The standard InChI is InChI=1S/C10H11ClN2OS/c1-13(5-8-2-3-14-7-8)6-9-4-12-10(11)15-9/h2-4,7H,5-6H2,1H3. The van der Waals surface area contributed by atoms with E-state index in [9.17, 15) is 0 Å². The minimum absolute atomic E-state index is 0.599. The summed E-state index contributed by atoms with van der Waals surface area (Å²) in [6, 6.07) is 1.97. The lowest BCUT2D eigenvalue weighted by Gasteiger charge is -2.13. The Hall–Kier alpha value is -0.840. The summed E-state index contributed by atoms with van der Waals surface area (Å²) in [6.45, 7) is 1.72. The molecule has 15 heavy (non-hydrogen) atoms. The Bertz CT molecular complexity index is 413. The third kappa shape index (κ3) is 3.06. The van der Waals surface area contributed by atoms with Crippen LogP contribution < -0.4 is 0 Å². The van der Waals surface area contributed by atoms with Gasteiger partial charge < -0.3 is 4.42 Å². The van der Waals surface area contributed by atoms with Crippen LogP contribution in [0.2, 0.25) is 4.47 Å². The van der Waals surface area contributed by atoms with Crippen LogP contribution in [0.3, 0.4) is 0 Å². The first-order chi connectivity index (χ1) is 7.24. The van der Waals surface area contributed by atoms with Gasteiger partial charge in [0, 0.05) is 29.7 Å². The van der Waals surface area contributed by atoms with E-state index in [1.165, 1.54) is 21.8 Å². The van der Waals surface area contributed by atoms with Crippen molar-refractivity contribution >= 4 is 22.9 Å². The second-order valence-corrected chi connectivity index (χ2v) is 5.08. The Morgan fingerprint density at radius 3 is 3.00 bits per heavy atom. The van der Waals surface area contributed by atoms with Gasteiger partial charge in [0.05, 0.1) is 12.5 Å². The van der Waals surface area contributed by atoms with Gasteiger partial charge in [0.1, 0.15) is 0 Å². The molecule has 0 fully saturated rings. The molecule has 80 valence electrons. The summed E-state index contributed by atoms with van der Waals surface area (Å²) < 4.78 is 5.61. The Morgan fingerprint density at radius 1 is 1.53 bits per heavy atom. The van der Waals surface area contributed by atoms with Crippen molar-refractivity contribution in [3.63, 3.8) is 0 Å². The van der Waals surface area contributed by atoms with Crippen molar-refractivity contribution < 1.29 is 4.42 Å². The third-order valence-electron chi connectivity index (χ3n) is 1.98. The Morgan fingerprint density at radius 2 is 2.40 bits per heavy atom. The summed E-state index contributed by atoms with van der Waals surface area (Å²) in [6.07, 6.45) is 5.27. The van der Waals surface area contributed by atoms with Crippen LogP contribution in [0, 0.1) is 0 Å². The van der Waals surface area contributed by atoms with Gasteiger partial charge in [-0.05, 0) is 13.1 Å². The predicted molar refractivity (Wildman–Crippen MR) is 61.0 cm³/mol. The highest BCUT2D eigenvalue weighted by Gasteiger charge is 2.05. The zero-order chi connectivity index (χ0) is 10.7. The van der Waals surface area contributed by atoms with E-state index in [4.69, 9.17) is 16.0 Å². The maximum absolute atomic E-state index is 5.76. The molecule has 2 aromatic heterocycles. The number of hydrogen-bond donors (Lipinski definition) is 0. The molecule has 0 aliphatic rings. The summed E-state index contributed by atoms with van der Waals surface area (Å²) in [7, 11) is 2.06. The van der Waals surface area contributed by atoms with E-state index in [0.29, 0.717) is 4.47 Å². The SMILES string of the molecule is CN(Cc1ccoc1)Cc1cnc(Cl)s1. The summed E-state index contributed by atoms with van der Waals surface area (Å²) in [4.78, 5) is 7.37. The van der Waals surface area contributed by atoms with Crippen LogP contribution in [-0.4, -0.2) is 16.9 Å². The maximum atomic E-state index is 5.76. The van der Waals surface area contributed by atoms with Gasteiger partial charge in [-0.25, -0.2) is 4.98 Å². The fourth-order valence-electron chi connectivity index (χ4n) is 1.37. The molecule has 0 aliphatic carbocycles. The van der Waals surface area contributed by atoms with E-state index >= 15 is 0 Å². The normalized spacial score (nSPS) is 11.1. The van der Waals surface area contributed by atoms with Crippen molar-refractivity contribution in [3.8, 4) is 0 Å². The summed E-state index contributed by atoms with van der Waals surface area (Å²) in [5.41, 5.74) is 1.17. The fourth-order valence-corrected chi connectivity index (χ4v) is 2.43. The second kappa shape index (κ2) is 4.79. The van der Waals surface area contributed by atoms with E-state index in [1.807, 2.05) is 12.3 Å². The third-order valence-corrected chi connectivity index (χ3v) is 3.08. The zero-order valence-electron chi connectivity index (χ0n) is 8.31. The first-order valence-corrected chi connectivity index (χ1v) is 5.73. The quantitative estimate of drug-likeness (QED) is 0.825. The summed E-state index contributed by atoms with van der Waals surface area (Å²) in [5, 5.41) is 0. The minimum Gasteiger partial charge on any atom is -0.472 e. The van der Waals surface area contributed by atoms with Crippen molar-refractivity contribution in [1.82, 2.24) is 9.88 Å². The molecule has 0 N–H and O–H groups in total. The molecule has 3 nitrogen and oxygen atoms in total. The van der Waals surface area contributed by atoms with Gasteiger partial charge in [0.2, 0.25) is 0 Å². The van der Waals surface area contributed by atoms with Crippen LogP contribution in [0.4, 0.5) is 0 Å². The molecule has 2 heterocycles. The van der Waals surface area contributed by atoms with E-state index in [2.05, 4.69) is 16.9 Å². The van der Waals surface area contributed by atoms with Crippen molar-refractivity contribution in [2.45, 2.75) is 13.1 Å². The van der Waals surface area contributed by atoms with Crippen molar-refractivity contribution in [1.29, 1.82) is 0 Å². The van der Waals surface area contributed by atoms with E-state index in [1.54, 1.807) is 12.5 Å². The molecule has 0 aromatic carbocycles. The van der Waals surface area contributed by atoms with Crippen molar-refractivity contribution in [3.05, 3.63) is 39.7 Å². The molecule has 0 unspecified atom stereocenters. The monoisotopic (exact) mass is 242 g/mol. The van der Waals surface area contributed by atoms with Crippen LogP contribution >= 0.6 is 22.9 Å². The average molecular weight is 243 g/mol. The number of aromatic nitrogens is 1. The van der Waals surface area contributed by atoms with Gasteiger partial charge >= 0.3 is 0 Å². The highest BCUT2D eigenvalue weighted by Crippen LogP contribution is 2.19.